The van der Waals surface area contributed by atoms with E-state index in [1.807, 2.05) is 68.4 Å². The van der Waals surface area contributed by atoms with E-state index in [4.69, 9.17) is 0 Å². The molecule has 180 valence electrons. The number of aromatic nitrogens is 2. The number of nitrogens with one attached hydrogen (secondary N) is 2. The normalized spacial score (nSPS) is 14.8. The van der Waals surface area contributed by atoms with Gasteiger partial charge in [-0.05, 0) is 37.6 Å². The summed E-state index contributed by atoms with van der Waals surface area (Å²) in [4.78, 5) is 30.7. The van der Waals surface area contributed by atoms with E-state index in [-0.39, 0.29) is 6.03 Å². The Hall–Kier alpha value is -4.04. The summed E-state index contributed by atoms with van der Waals surface area (Å²) >= 11 is 0. The minimum Gasteiger partial charge on any atom is -0.340 e. The van der Waals surface area contributed by atoms with Crippen molar-refractivity contribution in [2.75, 3.05) is 38.0 Å². The molecular formula is C27H31N7O. The second-order valence-electron chi connectivity index (χ2n) is 8.43. The lowest BCUT2D eigenvalue weighted by atomic mass is 10.2. The van der Waals surface area contributed by atoms with E-state index in [0.717, 1.165) is 44.1 Å². The summed E-state index contributed by atoms with van der Waals surface area (Å²) in [5, 5.41) is 5.77. The van der Waals surface area contributed by atoms with Crippen LogP contribution in [0.2, 0.25) is 0 Å². The molecule has 1 saturated heterocycles. The number of aryl methyl sites for hydroxylation is 2. The van der Waals surface area contributed by atoms with Crippen molar-refractivity contribution < 1.29 is 4.79 Å². The summed E-state index contributed by atoms with van der Waals surface area (Å²) in [5.74, 6) is 0.786. The third kappa shape index (κ3) is 7.48. The quantitative estimate of drug-likeness (QED) is 0.431. The van der Waals surface area contributed by atoms with Crippen molar-refractivity contribution in [3.8, 4) is 0 Å². The lowest BCUT2D eigenvalue weighted by molar-refractivity contribution is 0.194. The topological polar surface area (TPSA) is 85.7 Å². The minimum atomic E-state index is -0.354. The number of guanidine groups is 1. The number of amides is 2. The van der Waals surface area contributed by atoms with Crippen LogP contribution in [0.3, 0.4) is 0 Å². The van der Waals surface area contributed by atoms with Crippen LogP contribution < -0.4 is 10.6 Å². The number of anilines is 1. The fourth-order valence-corrected chi connectivity index (χ4v) is 3.86. The Labute approximate surface area is 206 Å². The van der Waals surface area contributed by atoms with E-state index >= 15 is 0 Å². The zero-order valence-electron chi connectivity index (χ0n) is 20.2. The summed E-state index contributed by atoms with van der Waals surface area (Å²) in [6.45, 7) is 7.86. The van der Waals surface area contributed by atoms with Crippen LogP contribution in [0, 0.1) is 13.8 Å². The molecular weight excluding hydrogens is 438 g/mol. The first kappa shape index (κ1) is 24.1. The van der Waals surface area contributed by atoms with Crippen LogP contribution in [0.25, 0.3) is 6.08 Å². The maximum absolute atomic E-state index is 12.7. The molecule has 1 aromatic heterocycles. The number of para-hydroxylation sites is 1. The second kappa shape index (κ2) is 11.9. The van der Waals surface area contributed by atoms with Crippen molar-refractivity contribution in [1.29, 1.82) is 0 Å². The standard InChI is InChI=1S/C27H31N7O/c1-21-20-22(2)29-25(28-21)31-26(32-27(35)30-24-13-7-4-8-14-24)34-18-16-33(17-19-34)15-9-12-23-10-5-3-6-11-23/h3-14,20H,15-19H2,1-2H3,(H2,28,29,30,31,32,35)/b12-9+. The molecule has 0 saturated carbocycles. The number of carbonyl (C=O) groups excluding carboxylic acids is 1. The molecule has 2 amide bonds. The Morgan fingerprint density at radius 2 is 1.57 bits per heavy atom. The monoisotopic (exact) mass is 469 g/mol. The highest BCUT2D eigenvalue weighted by atomic mass is 16.2. The molecule has 2 N–H and O–H groups in total. The Bertz CT molecular complexity index is 1150. The average Bonchev–Trinajstić information content (AvgIpc) is 2.85. The van der Waals surface area contributed by atoms with Crippen LogP contribution in [-0.4, -0.2) is 64.5 Å². The largest absolute Gasteiger partial charge is 0.340 e. The van der Waals surface area contributed by atoms with Crippen molar-refractivity contribution in [3.05, 3.63) is 89.8 Å². The van der Waals surface area contributed by atoms with Crippen molar-refractivity contribution >= 4 is 29.7 Å². The molecule has 0 bridgehead atoms. The Morgan fingerprint density at radius 3 is 2.23 bits per heavy atom. The highest BCUT2D eigenvalue weighted by molar-refractivity contribution is 6.02. The molecule has 8 nitrogen and oxygen atoms in total. The molecule has 0 radical (unpaired) electrons. The molecule has 0 atom stereocenters. The first-order valence-corrected chi connectivity index (χ1v) is 11.8. The third-order valence-corrected chi connectivity index (χ3v) is 5.58. The SMILES string of the molecule is Cc1cc(C)nc(/N=C(\NC(=O)Nc2ccccc2)N2CCN(C/C=C/c3ccccc3)CC2)n1. The van der Waals surface area contributed by atoms with Crippen LogP contribution in [0.1, 0.15) is 17.0 Å². The lowest BCUT2D eigenvalue weighted by Gasteiger charge is -2.35. The number of benzene rings is 2. The molecule has 8 heteroatoms. The highest BCUT2D eigenvalue weighted by Gasteiger charge is 2.21. The predicted octanol–water partition coefficient (Wildman–Crippen LogP) is 4.23. The van der Waals surface area contributed by atoms with E-state index in [0.29, 0.717) is 17.6 Å². The van der Waals surface area contributed by atoms with Gasteiger partial charge in [0.2, 0.25) is 5.96 Å². The number of nitrogens with zero attached hydrogens (tertiary/aromatic N) is 5. The van der Waals surface area contributed by atoms with Gasteiger partial charge in [-0.25, -0.2) is 14.8 Å². The van der Waals surface area contributed by atoms with E-state index in [2.05, 4.69) is 59.7 Å². The number of piperazine rings is 1. The molecule has 0 aliphatic carbocycles. The average molecular weight is 470 g/mol. The molecule has 0 unspecified atom stereocenters. The van der Waals surface area contributed by atoms with Gasteiger partial charge in [0.25, 0.3) is 5.95 Å². The fraction of sp³-hybridized carbons (Fsp3) is 0.259. The molecule has 2 heterocycles. The van der Waals surface area contributed by atoms with Gasteiger partial charge in [-0.1, -0.05) is 60.7 Å². The number of aliphatic imine (C=N–C) groups is 1. The summed E-state index contributed by atoms with van der Waals surface area (Å²) in [6, 6.07) is 21.2. The number of hydrogen-bond acceptors (Lipinski definition) is 5. The number of carbonyl (C=O) groups is 1. The second-order valence-corrected chi connectivity index (χ2v) is 8.43. The maximum Gasteiger partial charge on any atom is 0.326 e. The van der Waals surface area contributed by atoms with Gasteiger partial charge < -0.3 is 10.2 Å². The maximum atomic E-state index is 12.7. The minimum absolute atomic E-state index is 0.339. The zero-order valence-corrected chi connectivity index (χ0v) is 20.2. The van der Waals surface area contributed by atoms with E-state index in [1.165, 1.54) is 5.56 Å². The zero-order chi connectivity index (χ0) is 24.5. The molecule has 0 spiro atoms. The van der Waals surface area contributed by atoms with Crippen molar-refractivity contribution in [2.45, 2.75) is 13.8 Å². The molecule has 2 aromatic carbocycles. The van der Waals surface area contributed by atoms with Crippen LogP contribution >= 0.6 is 0 Å². The van der Waals surface area contributed by atoms with Gasteiger partial charge in [-0.3, -0.25) is 10.2 Å². The summed E-state index contributed by atoms with van der Waals surface area (Å²) in [5.41, 5.74) is 3.57. The predicted molar refractivity (Wildman–Crippen MR) is 141 cm³/mol. The summed E-state index contributed by atoms with van der Waals surface area (Å²) in [7, 11) is 0. The van der Waals surface area contributed by atoms with Gasteiger partial charge in [0.15, 0.2) is 0 Å². The van der Waals surface area contributed by atoms with Crippen molar-refractivity contribution in [3.63, 3.8) is 0 Å². The molecule has 35 heavy (non-hydrogen) atoms. The molecule has 1 aliphatic heterocycles. The summed E-state index contributed by atoms with van der Waals surface area (Å²) in [6.07, 6.45) is 4.33. The van der Waals surface area contributed by atoms with Gasteiger partial charge in [0.1, 0.15) is 0 Å². The first-order valence-electron chi connectivity index (χ1n) is 11.8. The Balaban J connectivity index is 1.42. The first-order chi connectivity index (χ1) is 17.0. The van der Waals surface area contributed by atoms with Crippen LogP contribution in [0.5, 0.6) is 0 Å². The van der Waals surface area contributed by atoms with Crippen LogP contribution in [0.15, 0.2) is 77.8 Å². The smallest absolute Gasteiger partial charge is 0.326 e. The lowest BCUT2D eigenvalue weighted by Crippen LogP contribution is -2.54. The Morgan fingerprint density at radius 1 is 0.943 bits per heavy atom. The van der Waals surface area contributed by atoms with E-state index in [9.17, 15) is 4.79 Å². The summed E-state index contributed by atoms with van der Waals surface area (Å²) < 4.78 is 0. The molecule has 1 aliphatic rings. The van der Waals surface area contributed by atoms with E-state index < -0.39 is 0 Å². The van der Waals surface area contributed by atoms with Crippen molar-refractivity contribution in [2.24, 2.45) is 4.99 Å². The van der Waals surface area contributed by atoms with Gasteiger partial charge in [0, 0.05) is 49.8 Å². The van der Waals surface area contributed by atoms with Gasteiger partial charge in [-0.15, -0.1) is 0 Å². The van der Waals surface area contributed by atoms with Gasteiger partial charge in [-0.2, -0.15) is 4.99 Å². The Kier molecular flexibility index (Phi) is 8.19. The third-order valence-electron chi connectivity index (χ3n) is 5.58. The van der Waals surface area contributed by atoms with Gasteiger partial charge >= 0.3 is 6.03 Å². The van der Waals surface area contributed by atoms with Crippen molar-refractivity contribution in [1.82, 2.24) is 25.1 Å². The number of urea groups is 1. The molecule has 4 rings (SSSR count). The molecule has 3 aromatic rings. The highest BCUT2D eigenvalue weighted by Crippen LogP contribution is 2.11. The number of hydrogen-bond donors (Lipinski definition) is 2. The number of rotatable bonds is 5. The van der Waals surface area contributed by atoms with Crippen LogP contribution in [0.4, 0.5) is 16.4 Å². The van der Waals surface area contributed by atoms with Gasteiger partial charge in [0.05, 0.1) is 0 Å². The molecule has 1 fully saturated rings. The van der Waals surface area contributed by atoms with Crippen LogP contribution in [-0.2, 0) is 0 Å². The van der Waals surface area contributed by atoms with E-state index in [1.54, 1.807) is 0 Å². The fourth-order valence-electron chi connectivity index (χ4n) is 3.86.